The monoisotopic (exact) mass is 279 g/mol. The highest BCUT2D eigenvalue weighted by atomic mass is 14.6. The van der Waals surface area contributed by atoms with Gasteiger partial charge in [0.05, 0.1) is 0 Å². The molecule has 0 aliphatic heterocycles. The molecule has 3 rings (SSSR count). The molecule has 3 aromatic rings. The molecule has 3 nitrogen and oxygen atoms in total. The fourth-order valence-corrected chi connectivity index (χ4v) is 1.34. The van der Waals surface area contributed by atoms with E-state index in [1.54, 1.807) is 18.6 Å². The van der Waals surface area contributed by atoms with E-state index in [9.17, 15) is 0 Å². The fraction of sp³-hybridized carbons (Fsp3) is 0.167. The molecule has 0 bridgehead atoms. The average molecular weight is 279 g/mol. The summed E-state index contributed by atoms with van der Waals surface area (Å²) in [6.07, 6.45) is 5.36. The summed E-state index contributed by atoms with van der Waals surface area (Å²) in [5.74, 6) is 0. The lowest BCUT2D eigenvalue weighted by molar-refractivity contribution is 1.20. The lowest BCUT2D eigenvalue weighted by atomic mass is 10.4. The van der Waals surface area contributed by atoms with Gasteiger partial charge in [-0.3, -0.25) is 15.0 Å². The molecule has 108 valence electrons. The van der Waals surface area contributed by atoms with Crippen molar-refractivity contribution < 1.29 is 0 Å². The van der Waals surface area contributed by atoms with Crippen molar-refractivity contribution >= 4 is 0 Å². The summed E-state index contributed by atoms with van der Waals surface area (Å²) in [5, 5.41) is 0. The molecular formula is C18H21N3. The number of hydrogen-bond acceptors (Lipinski definition) is 3. The largest absolute Gasteiger partial charge is 0.262 e. The molecule has 0 aromatic carbocycles. The molecule has 0 aliphatic rings. The summed E-state index contributed by atoms with van der Waals surface area (Å²) in [7, 11) is 0. The van der Waals surface area contributed by atoms with Gasteiger partial charge in [-0.15, -0.1) is 0 Å². The van der Waals surface area contributed by atoms with Gasteiger partial charge in [0.25, 0.3) is 0 Å². The first kappa shape index (κ1) is 16.5. The van der Waals surface area contributed by atoms with E-state index in [2.05, 4.69) is 15.0 Å². The van der Waals surface area contributed by atoms with Crippen LogP contribution in [0.25, 0.3) is 0 Å². The van der Waals surface area contributed by atoms with Crippen LogP contribution in [0.5, 0.6) is 0 Å². The number of rotatable bonds is 0. The normalized spacial score (nSPS) is 8.71. The van der Waals surface area contributed by atoms with Crippen molar-refractivity contribution in [3.05, 3.63) is 90.3 Å². The van der Waals surface area contributed by atoms with E-state index in [1.165, 1.54) is 0 Å². The lowest BCUT2D eigenvalue weighted by Crippen LogP contribution is -1.72. The minimum absolute atomic E-state index is 1.07. The van der Waals surface area contributed by atoms with Crippen LogP contribution < -0.4 is 0 Å². The Morgan fingerprint density at radius 3 is 0.857 bits per heavy atom. The number of aryl methyl sites for hydroxylation is 3. The molecule has 0 unspecified atom stereocenters. The molecule has 0 amide bonds. The van der Waals surface area contributed by atoms with Gasteiger partial charge in [-0.25, -0.2) is 0 Å². The van der Waals surface area contributed by atoms with Crippen LogP contribution in [0.3, 0.4) is 0 Å². The van der Waals surface area contributed by atoms with Gasteiger partial charge in [-0.1, -0.05) is 18.2 Å². The van der Waals surface area contributed by atoms with Gasteiger partial charge in [0, 0.05) is 35.7 Å². The second-order valence-corrected chi connectivity index (χ2v) is 4.41. The van der Waals surface area contributed by atoms with Crippen LogP contribution in [0, 0.1) is 20.8 Å². The van der Waals surface area contributed by atoms with E-state index < -0.39 is 0 Å². The maximum Gasteiger partial charge on any atom is 0.0372 e. The van der Waals surface area contributed by atoms with Gasteiger partial charge >= 0.3 is 0 Å². The fourth-order valence-electron chi connectivity index (χ4n) is 1.34. The zero-order chi connectivity index (χ0) is 15.3. The molecule has 3 heteroatoms. The Labute approximate surface area is 126 Å². The minimum atomic E-state index is 1.07. The predicted molar refractivity (Wildman–Crippen MR) is 86.9 cm³/mol. The number of aromatic nitrogens is 3. The standard InChI is InChI=1S/3C6H7N/c3*1-6-4-2-3-5-7-6/h3*2-5H,1H3. The Morgan fingerprint density at radius 2 is 0.762 bits per heavy atom. The van der Waals surface area contributed by atoms with Crippen LogP contribution in [0.1, 0.15) is 17.1 Å². The van der Waals surface area contributed by atoms with E-state index in [4.69, 9.17) is 0 Å². The Bertz CT molecular complexity index is 491. The molecule has 0 spiro atoms. The molecule has 3 heterocycles. The van der Waals surface area contributed by atoms with Crippen molar-refractivity contribution in [1.82, 2.24) is 15.0 Å². The van der Waals surface area contributed by atoms with Crippen LogP contribution in [-0.2, 0) is 0 Å². The first-order chi connectivity index (χ1) is 10.2. The van der Waals surface area contributed by atoms with Crippen molar-refractivity contribution in [3.8, 4) is 0 Å². The van der Waals surface area contributed by atoms with Gasteiger partial charge in [0.1, 0.15) is 0 Å². The van der Waals surface area contributed by atoms with Crippen LogP contribution in [0.15, 0.2) is 73.2 Å². The lowest BCUT2D eigenvalue weighted by Gasteiger charge is -1.82. The van der Waals surface area contributed by atoms with Crippen LogP contribution in [0.4, 0.5) is 0 Å². The summed E-state index contributed by atoms with van der Waals surface area (Å²) in [5.41, 5.74) is 3.22. The van der Waals surface area contributed by atoms with Gasteiger partial charge < -0.3 is 0 Å². The van der Waals surface area contributed by atoms with Crippen LogP contribution in [0.2, 0.25) is 0 Å². The van der Waals surface area contributed by atoms with Crippen LogP contribution >= 0.6 is 0 Å². The maximum absolute atomic E-state index is 3.98. The molecule has 0 saturated carbocycles. The van der Waals surface area contributed by atoms with Gasteiger partial charge in [0.15, 0.2) is 0 Å². The number of pyridine rings is 3. The third-order valence-corrected chi connectivity index (χ3v) is 2.44. The zero-order valence-corrected chi connectivity index (χ0v) is 12.8. The number of hydrogen-bond donors (Lipinski definition) is 0. The molecule has 0 fully saturated rings. The highest BCUT2D eigenvalue weighted by molar-refractivity contribution is 5.01. The van der Waals surface area contributed by atoms with Crippen LogP contribution in [-0.4, -0.2) is 15.0 Å². The van der Waals surface area contributed by atoms with Crippen molar-refractivity contribution in [3.63, 3.8) is 0 Å². The average Bonchev–Trinajstić information content (AvgIpc) is 2.51. The minimum Gasteiger partial charge on any atom is -0.262 e. The zero-order valence-electron chi connectivity index (χ0n) is 12.8. The van der Waals surface area contributed by atoms with E-state index in [-0.39, 0.29) is 0 Å². The van der Waals surface area contributed by atoms with E-state index >= 15 is 0 Å². The Morgan fingerprint density at radius 1 is 0.476 bits per heavy atom. The van der Waals surface area contributed by atoms with E-state index in [0.29, 0.717) is 0 Å². The molecule has 0 N–H and O–H groups in total. The van der Waals surface area contributed by atoms with Crippen molar-refractivity contribution in [2.24, 2.45) is 0 Å². The molecule has 0 saturated heterocycles. The van der Waals surface area contributed by atoms with Crippen molar-refractivity contribution in [1.29, 1.82) is 0 Å². The van der Waals surface area contributed by atoms with E-state index in [1.807, 2.05) is 75.4 Å². The summed E-state index contributed by atoms with van der Waals surface area (Å²) in [6, 6.07) is 17.6. The quantitative estimate of drug-likeness (QED) is 0.620. The first-order valence-corrected chi connectivity index (χ1v) is 6.81. The SMILES string of the molecule is Cc1ccccn1.Cc1ccccn1.Cc1ccccn1. The predicted octanol–water partition coefficient (Wildman–Crippen LogP) is 4.17. The Kier molecular flexibility index (Phi) is 8.07. The van der Waals surface area contributed by atoms with E-state index in [0.717, 1.165) is 17.1 Å². The van der Waals surface area contributed by atoms with Crippen molar-refractivity contribution in [2.45, 2.75) is 20.8 Å². The Hall–Kier alpha value is -2.55. The first-order valence-electron chi connectivity index (χ1n) is 6.81. The highest BCUT2D eigenvalue weighted by Crippen LogP contribution is 1.87. The van der Waals surface area contributed by atoms with Gasteiger partial charge in [-0.05, 0) is 57.2 Å². The second kappa shape index (κ2) is 10.3. The third kappa shape index (κ3) is 9.05. The summed E-state index contributed by atoms with van der Waals surface area (Å²) < 4.78 is 0. The molecule has 3 aromatic heterocycles. The molecular weight excluding hydrogens is 258 g/mol. The van der Waals surface area contributed by atoms with Gasteiger partial charge in [-0.2, -0.15) is 0 Å². The maximum atomic E-state index is 3.98. The summed E-state index contributed by atoms with van der Waals surface area (Å²) in [4.78, 5) is 11.9. The summed E-state index contributed by atoms with van der Waals surface area (Å²) >= 11 is 0. The number of nitrogens with zero attached hydrogens (tertiary/aromatic N) is 3. The third-order valence-electron chi connectivity index (χ3n) is 2.44. The van der Waals surface area contributed by atoms with Crippen molar-refractivity contribution in [2.75, 3.05) is 0 Å². The summed E-state index contributed by atoms with van der Waals surface area (Å²) in [6.45, 7) is 5.92. The molecule has 21 heavy (non-hydrogen) atoms. The Balaban J connectivity index is 0.000000157. The topological polar surface area (TPSA) is 38.7 Å². The van der Waals surface area contributed by atoms with Gasteiger partial charge in [0.2, 0.25) is 0 Å². The highest BCUT2D eigenvalue weighted by Gasteiger charge is 1.74. The molecule has 0 radical (unpaired) electrons. The molecule has 0 atom stereocenters. The second-order valence-electron chi connectivity index (χ2n) is 4.41. The smallest absolute Gasteiger partial charge is 0.0372 e. The molecule has 0 aliphatic carbocycles.